The summed E-state index contributed by atoms with van der Waals surface area (Å²) in [6, 6.07) is 13.3. The Morgan fingerprint density at radius 1 is 1.15 bits per heavy atom. The zero-order valence-corrected chi connectivity index (χ0v) is 11.5. The molecule has 0 bridgehead atoms. The first-order chi connectivity index (χ1) is 9.70. The van der Waals surface area contributed by atoms with Crippen LogP contribution >= 0.6 is 0 Å². The Kier molecular flexibility index (Phi) is 3.70. The highest BCUT2D eigenvalue weighted by molar-refractivity contribution is 5.38. The summed E-state index contributed by atoms with van der Waals surface area (Å²) in [6.45, 7) is 2.74. The van der Waals surface area contributed by atoms with E-state index in [9.17, 15) is 4.39 Å². The maximum Gasteiger partial charge on any atom is 0.130 e. The molecule has 1 aliphatic carbocycles. The highest BCUT2D eigenvalue weighted by Crippen LogP contribution is 2.26. The van der Waals surface area contributed by atoms with Crippen molar-refractivity contribution in [1.82, 2.24) is 5.32 Å². The minimum atomic E-state index is -0.239. The van der Waals surface area contributed by atoms with Crippen LogP contribution in [0.3, 0.4) is 0 Å². The van der Waals surface area contributed by atoms with Crippen molar-refractivity contribution >= 4 is 0 Å². The summed E-state index contributed by atoms with van der Waals surface area (Å²) >= 11 is 0. The maximum absolute atomic E-state index is 13.0. The molecule has 3 rings (SSSR count). The van der Waals surface area contributed by atoms with Gasteiger partial charge in [-0.05, 0) is 61.2 Å². The first-order valence-corrected chi connectivity index (χ1v) is 6.97. The number of rotatable bonds is 5. The molecule has 0 unspecified atom stereocenters. The van der Waals surface area contributed by atoms with Crippen molar-refractivity contribution in [1.29, 1.82) is 0 Å². The second kappa shape index (κ2) is 5.63. The molecule has 104 valence electrons. The van der Waals surface area contributed by atoms with E-state index in [0.29, 0.717) is 11.8 Å². The third-order valence-electron chi connectivity index (χ3n) is 3.46. The molecule has 1 aliphatic rings. The lowest BCUT2D eigenvalue weighted by molar-refractivity contribution is 0.476. The maximum atomic E-state index is 13.0. The first kappa shape index (κ1) is 13.1. The second-order valence-corrected chi connectivity index (χ2v) is 5.31. The van der Waals surface area contributed by atoms with Crippen LogP contribution in [0.5, 0.6) is 11.5 Å². The summed E-state index contributed by atoms with van der Waals surface area (Å²) < 4.78 is 18.8. The average Bonchev–Trinajstić information content (AvgIpc) is 3.25. The minimum absolute atomic E-state index is 0.239. The summed E-state index contributed by atoms with van der Waals surface area (Å²) in [5.74, 6) is 1.22. The molecule has 2 aromatic carbocycles. The zero-order valence-electron chi connectivity index (χ0n) is 11.5. The molecule has 0 radical (unpaired) electrons. The average molecular weight is 271 g/mol. The standard InChI is InChI=1S/C17H18FNO/c1-12-10-14(18)4-9-17(12)20-16-7-2-13(3-8-16)11-19-15-5-6-15/h2-4,7-10,15,19H,5-6,11H2,1H3. The van der Waals surface area contributed by atoms with Crippen molar-refractivity contribution in [3.8, 4) is 11.5 Å². The van der Waals surface area contributed by atoms with Crippen molar-refractivity contribution < 1.29 is 9.13 Å². The third kappa shape index (κ3) is 3.36. The minimum Gasteiger partial charge on any atom is -0.457 e. The van der Waals surface area contributed by atoms with Gasteiger partial charge < -0.3 is 10.1 Å². The normalized spacial score (nSPS) is 14.3. The van der Waals surface area contributed by atoms with Crippen molar-refractivity contribution in [3.05, 3.63) is 59.4 Å². The molecular formula is C17H18FNO. The molecule has 1 fully saturated rings. The molecular weight excluding hydrogens is 253 g/mol. The van der Waals surface area contributed by atoms with Crippen LogP contribution in [-0.2, 0) is 6.54 Å². The molecule has 0 saturated heterocycles. The smallest absolute Gasteiger partial charge is 0.130 e. The van der Waals surface area contributed by atoms with Gasteiger partial charge in [0.1, 0.15) is 17.3 Å². The Morgan fingerprint density at radius 2 is 1.90 bits per heavy atom. The van der Waals surface area contributed by atoms with E-state index >= 15 is 0 Å². The van der Waals surface area contributed by atoms with Gasteiger partial charge in [0, 0.05) is 12.6 Å². The van der Waals surface area contributed by atoms with Crippen LogP contribution in [0.25, 0.3) is 0 Å². The van der Waals surface area contributed by atoms with Gasteiger partial charge in [-0.1, -0.05) is 12.1 Å². The van der Waals surface area contributed by atoms with E-state index < -0.39 is 0 Å². The molecule has 0 atom stereocenters. The number of hydrogen-bond donors (Lipinski definition) is 1. The number of halogens is 1. The van der Waals surface area contributed by atoms with Crippen LogP contribution in [0.1, 0.15) is 24.0 Å². The quantitative estimate of drug-likeness (QED) is 0.881. The Balaban J connectivity index is 1.64. The molecule has 20 heavy (non-hydrogen) atoms. The van der Waals surface area contributed by atoms with Gasteiger partial charge >= 0.3 is 0 Å². The van der Waals surface area contributed by atoms with Crippen molar-refractivity contribution in [3.63, 3.8) is 0 Å². The first-order valence-electron chi connectivity index (χ1n) is 6.97. The van der Waals surface area contributed by atoms with Gasteiger partial charge in [0.2, 0.25) is 0 Å². The van der Waals surface area contributed by atoms with Crippen molar-refractivity contribution in [2.45, 2.75) is 32.4 Å². The van der Waals surface area contributed by atoms with E-state index in [1.807, 2.05) is 19.1 Å². The van der Waals surface area contributed by atoms with E-state index in [1.165, 1.54) is 30.5 Å². The monoisotopic (exact) mass is 271 g/mol. The summed E-state index contributed by atoms with van der Waals surface area (Å²) in [4.78, 5) is 0. The SMILES string of the molecule is Cc1cc(F)ccc1Oc1ccc(CNC2CC2)cc1. The van der Waals surface area contributed by atoms with Gasteiger partial charge in [0.25, 0.3) is 0 Å². The van der Waals surface area contributed by atoms with Crippen molar-refractivity contribution in [2.24, 2.45) is 0 Å². The number of benzene rings is 2. The largest absolute Gasteiger partial charge is 0.457 e. The number of hydrogen-bond acceptors (Lipinski definition) is 2. The van der Waals surface area contributed by atoms with E-state index in [-0.39, 0.29) is 5.82 Å². The fourth-order valence-corrected chi connectivity index (χ4v) is 2.08. The highest BCUT2D eigenvalue weighted by atomic mass is 19.1. The lowest BCUT2D eigenvalue weighted by atomic mass is 10.2. The van der Waals surface area contributed by atoms with E-state index in [4.69, 9.17) is 4.74 Å². The van der Waals surface area contributed by atoms with Crippen LogP contribution in [0, 0.1) is 12.7 Å². The number of aryl methyl sites for hydroxylation is 1. The van der Waals surface area contributed by atoms with Crippen LogP contribution in [-0.4, -0.2) is 6.04 Å². The lowest BCUT2D eigenvalue weighted by Crippen LogP contribution is -2.14. The predicted molar refractivity (Wildman–Crippen MR) is 77.5 cm³/mol. The highest BCUT2D eigenvalue weighted by Gasteiger charge is 2.19. The zero-order chi connectivity index (χ0) is 13.9. The predicted octanol–water partition coefficient (Wildman–Crippen LogP) is 4.18. The Morgan fingerprint density at radius 3 is 2.55 bits per heavy atom. The van der Waals surface area contributed by atoms with Gasteiger partial charge in [0.05, 0.1) is 0 Å². The summed E-state index contributed by atoms with van der Waals surface area (Å²) in [7, 11) is 0. The summed E-state index contributed by atoms with van der Waals surface area (Å²) in [6.07, 6.45) is 2.59. The van der Waals surface area contributed by atoms with Crippen LogP contribution in [0.4, 0.5) is 4.39 Å². The van der Waals surface area contributed by atoms with Crippen molar-refractivity contribution in [2.75, 3.05) is 0 Å². The Hall–Kier alpha value is -1.87. The lowest BCUT2D eigenvalue weighted by Gasteiger charge is -2.09. The topological polar surface area (TPSA) is 21.3 Å². The molecule has 0 heterocycles. The third-order valence-corrected chi connectivity index (χ3v) is 3.46. The van der Waals surface area contributed by atoms with Crippen LogP contribution in [0.15, 0.2) is 42.5 Å². The fraction of sp³-hybridized carbons (Fsp3) is 0.294. The van der Waals surface area contributed by atoms with Crippen LogP contribution in [0.2, 0.25) is 0 Å². The van der Waals surface area contributed by atoms with Gasteiger partial charge in [-0.3, -0.25) is 0 Å². The summed E-state index contributed by atoms with van der Waals surface area (Å²) in [5, 5.41) is 3.47. The molecule has 2 aromatic rings. The number of ether oxygens (including phenoxy) is 1. The van der Waals surface area contributed by atoms with Crippen LogP contribution < -0.4 is 10.1 Å². The molecule has 3 heteroatoms. The van der Waals surface area contributed by atoms with E-state index in [1.54, 1.807) is 6.07 Å². The number of nitrogens with one attached hydrogen (secondary N) is 1. The Bertz CT molecular complexity index is 590. The van der Waals surface area contributed by atoms with Gasteiger partial charge in [-0.15, -0.1) is 0 Å². The molecule has 0 amide bonds. The molecule has 0 aromatic heterocycles. The fourth-order valence-electron chi connectivity index (χ4n) is 2.08. The van der Waals surface area contributed by atoms with Gasteiger partial charge in [-0.25, -0.2) is 4.39 Å². The van der Waals surface area contributed by atoms with Gasteiger partial charge in [-0.2, -0.15) is 0 Å². The van der Waals surface area contributed by atoms with Gasteiger partial charge in [0.15, 0.2) is 0 Å². The van der Waals surface area contributed by atoms with E-state index in [2.05, 4.69) is 17.4 Å². The molecule has 0 aliphatic heterocycles. The molecule has 1 saturated carbocycles. The molecule has 2 nitrogen and oxygen atoms in total. The Labute approximate surface area is 118 Å². The summed E-state index contributed by atoms with van der Waals surface area (Å²) in [5.41, 5.74) is 2.05. The van der Waals surface area contributed by atoms with E-state index in [0.717, 1.165) is 17.9 Å². The molecule has 0 spiro atoms. The molecule has 1 N–H and O–H groups in total. The second-order valence-electron chi connectivity index (χ2n) is 5.31.